The van der Waals surface area contributed by atoms with Crippen LogP contribution in [-0.2, 0) is 14.3 Å². The Morgan fingerprint density at radius 3 is 2.53 bits per heavy atom. The number of carbonyl (C=O) groups excluding carboxylic acids is 1. The summed E-state index contributed by atoms with van der Waals surface area (Å²) in [5.41, 5.74) is 0. The number of hydrogen-bond donors (Lipinski definition) is 1. The number of aliphatic hydroxyl groups is 1. The predicted octanol–water partition coefficient (Wildman–Crippen LogP) is 1.36. The minimum Gasteiger partial charge on any atom is -0.463 e. The van der Waals surface area contributed by atoms with Crippen molar-refractivity contribution in [1.29, 1.82) is 0 Å². The molecule has 1 N–H and O–H groups in total. The highest BCUT2D eigenvalue weighted by molar-refractivity contribution is 5.71. The van der Waals surface area contributed by atoms with Crippen LogP contribution in [0.5, 0.6) is 0 Å². The molecule has 0 saturated heterocycles. The van der Waals surface area contributed by atoms with Crippen LogP contribution >= 0.6 is 0 Å². The van der Waals surface area contributed by atoms with Crippen LogP contribution in [0.25, 0.3) is 0 Å². The lowest BCUT2D eigenvalue weighted by Crippen LogP contribution is -2.25. The maximum atomic E-state index is 11.3. The molecule has 0 amide bonds. The maximum Gasteiger partial charge on any atom is 0.308 e. The lowest BCUT2D eigenvalue weighted by Gasteiger charge is -2.13. The van der Waals surface area contributed by atoms with Crippen LogP contribution in [0, 0.1) is 5.92 Å². The fraction of sp³-hybridized carbons (Fsp3) is 0.909. The van der Waals surface area contributed by atoms with E-state index in [1.54, 1.807) is 0 Å². The molecule has 0 aliphatic heterocycles. The van der Waals surface area contributed by atoms with Crippen molar-refractivity contribution in [1.82, 2.24) is 0 Å². The summed E-state index contributed by atoms with van der Waals surface area (Å²) in [4.78, 5) is 11.3. The molecule has 0 aliphatic rings. The lowest BCUT2D eigenvalue weighted by atomic mass is 10.1. The standard InChI is InChI=1S/C11H22O4/c1-4-6-9(3)11(13)15-8-10(12)7-14-5-2/h9-10,12H,4-8H2,1-3H3. The Morgan fingerprint density at radius 1 is 1.33 bits per heavy atom. The van der Waals surface area contributed by atoms with Crippen molar-refractivity contribution in [2.24, 2.45) is 5.92 Å². The largest absolute Gasteiger partial charge is 0.463 e. The zero-order valence-electron chi connectivity index (χ0n) is 9.86. The van der Waals surface area contributed by atoms with Gasteiger partial charge in [-0.1, -0.05) is 20.3 Å². The molecule has 2 atom stereocenters. The first kappa shape index (κ1) is 14.4. The van der Waals surface area contributed by atoms with E-state index in [1.165, 1.54) is 0 Å². The van der Waals surface area contributed by atoms with Crippen LogP contribution in [0.4, 0.5) is 0 Å². The Labute approximate surface area is 91.6 Å². The molecule has 0 fully saturated rings. The van der Waals surface area contributed by atoms with E-state index >= 15 is 0 Å². The molecule has 0 aromatic rings. The van der Waals surface area contributed by atoms with Gasteiger partial charge in [-0.25, -0.2) is 0 Å². The number of aliphatic hydroxyl groups excluding tert-OH is 1. The second-order valence-electron chi connectivity index (χ2n) is 3.63. The van der Waals surface area contributed by atoms with E-state index in [0.29, 0.717) is 6.61 Å². The maximum absolute atomic E-state index is 11.3. The van der Waals surface area contributed by atoms with Crippen LogP contribution in [0.1, 0.15) is 33.6 Å². The molecule has 4 heteroatoms. The predicted molar refractivity (Wildman–Crippen MR) is 57.5 cm³/mol. The van der Waals surface area contributed by atoms with Crippen molar-refractivity contribution in [2.45, 2.75) is 39.7 Å². The second kappa shape index (κ2) is 8.68. The van der Waals surface area contributed by atoms with Gasteiger partial charge in [0.25, 0.3) is 0 Å². The van der Waals surface area contributed by atoms with E-state index in [0.717, 1.165) is 12.8 Å². The van der Waals surface area contributed by atoms with Gasteiger partial charge in [-0.15, -0.1) is 0 Å². The summed E-state index contributed by atoms with van der Waals surface area (Å²) in [6.45, 7) is 6.49. The molecule has 0 aromatic carbocycles. The first-order chi connectivity index (χ1) is 7.11. The Morgan fingerprint density at radius 2 is 2.00 bits per heavy atom. The van der Waals surface area contributed by atoms with Gasteiger partial charge in [-0.3, -0.25) is 4.79 Å². The topological polar surface area (TPSA) is 55.8 Å². The molecule has 90 valence electrons. The summed E-state index contributed by atoms with van der Waals surface area (Å²) >= 11 is 0. The number of ether oxygens (including phenoxy) is 2. The quantitative estimate of drug-likeness (QED) is 0.625. The summed E-state index contributed by atoms with van der Waals surface area (Å²) in [5.74, 6) is -0.332. The van der Waals surface area contributed by atoms with E-state index in [9.17, 15) is 9.90 Å². The fourth-order valence-corrected chi connectivity index (χ4v) is 1.17. The molecule has 0 bridgehead atoms. The van der Waals surface area contributed by atoms with Gasteiger partial charge in [0, 0.05) is 6.61 Å². The molecule has 2 unspecified atom stereocenters. The monoisotopic (exact) mass is 218 g/mol. The third kappa shape index (κ3) is 7.33. The number of carbonyl (C=O) groups is 1. The molecule has 0 aromatic heterocycles. The normalized spacial score (nSPS) is 14.7. The van der Waals surface area contributed by atoms with Crippen molar-refractivity contribution in [2.75, 3.05) is 19.8 Å². The average molecular weight is 218 g/mol. The van der Waals surface area contributed by atoms with Gasteiger partial charge in [0.2, 0.25) is 0 Å². The van der Waals surface area contributed by atoms with Gasteiger partial charge in [0.1, 0.15) is 12.7 Å². The van der Waals surface area contributed by atoms with Crippen molar-refractivity contribution < 1.29 is 19.4 Å². The molecule has 0 radical (unpaired) electrons. The van der Waals surface area contributed by atoms with Crippen LogP contribution in [0.3, 0.4) is 0 Å². The van der Waals surface area contributed by atoms with Crippen molar-refractivity contribution >= 4 is 5.97 Å². The van der Waals surface area contributed by atoms with E-state index in [2.05, 4.69) is 0 Å². The smallest absolute Gasteiger partial charge is 0.308 e. The van der Waals surface area contributed by atoms with Crippen molar-refractivity contribution in [3.05, 3.63) is 0 Å². The van der Waals surface area contributed by atoms with Crippen LogP contribution in [0.15, 0.2) is 0 Å². The number of hydrogen-bond acceptors (Lipinski definition) is 4. The molecule has 0 rings (SSSR count). The molecule has 0 aliphatic carbocycles. The van der Waals surface area contributed by atoms with Crippen LogP contribution in [0.2, 0.25) is 0 Å². The Bertz CT molecular complexity index is 170. The zero-order valence-corrected chi connectivity index (χ0v) is 9.86. The van der Waals surface area contributed by atoms with Crippen molar-refractivity contribution in [3.63, 3.8) is 0 Å². The zero-order chi connectivity index (χ0) is 11.7. The summed E-state index contributed by atoms with van der Waals surface area (Å²) in [6, 6.07) is 0. The Balaban J connectivity index is 3.60. The summed E-state index contributed by atoms with van der Waals surface area (Å²) < 4.78 is 9.94. The number of rotatable bonds is 8. The third-order valence-corrected chi connectivity index (χ3v) is 2.06. The first-order valence-electron chi connectivity index (χ1n) is 5.54. The highest BCUT2D eigenvalue weighted by Crippen LogP contribution is 2.07. The minimum atomic E-state index is -0.720. The van der Waals surface area contributed by atoms with Crippen molar-refractivity contribution in [3.8, 4) is 0 Å². The molecule has 4 nitrogen and oxygen atoms in total. The fourth-order valence-electron chi connectivity index (χ4n) is 1.17. The SMILES string of the molecule is CCCC(C)C(=O)OCC(O)COCC. The molecule has 0 saturated carbocycles. The van der Waals surface area contributed by atoms with Gasteiger partial charge in [0.15, 0.2) is 0 Å². The van der Waals surface area contributed by atoms with E-state index in [-0.39, 0.29) is 25.1 Å². The summed E-state index contributed by atoms with van der Waals surface area (Å²) in [6.07, 6.45) is 1.06. The van der Waals surface area contributed by atoms with Gasteiger partial charge in [0.05, 0.1) is 12.5 Å². The average Bonchev–Trinajstić information content (AvgIpc) is 2.23. The molecular weight excluding hydrogens is 196 g/mol. The second-order valence-corrected chi connectivity index (χ2v) is 3.63. The van der Waals surface area contributed by atoms with Gasteiger partial charge < -0.3 is 14.6 Å². The molecule has 15 heavy (non-hydrogen) atoms. The molecule has 0 heterocycles. The summed E-state index contributed by atoms with van der Waals surface area (Å²) in [7, 11) is 0. The van der Waals surface area contributed by atoms with Gasteiger partial charge in [-0.2, -0.15) is 0 Å². The van der Waals surface area contributed by atoms with Crippen LogP contribution < -0.4 is 0 Å². The molecule has 0 spiro atoms. The molecular formula is C11H22O4. The highest BCUT2D eigenvalue weighted by atomic mass is 16.5. The van der Waals surface area contributed by atoms with E-state index < -0.39 is 6.10 Å². The van der Waals surface area contributed by atoms with E-state index in [1.807, 2.05) is 20.8 Å². The van der Waals surface area contributed by atoms with Gasteiger partial charge in [-0.05, 0) is 13.3 Å². The minimum absolute atomic E-state index is 0.0207. The number of esters is 1. The highest BCUT2D eigenvalue weighted by Gasteiger charge is 2.15. The lowest BCUT2D eigenvalue weighted by molar-refractivity contribution is -0.152. The van der Waals surface area contributed by atoms with Crippen LogP contribution in [-0.4, -0.2) is 37.0 Å². The Kier molecular flexibility index (Phi) is 8.33. The third-order valence-electron chi connectivity index (χ3n) is 2.06. The first-order valence-corrected chi connectivity index (χ1v) is 5.54. The summed E-state index contributed by atoms with van der Waals surface area (Å²) in [5, 5.41) is 9.34. The van der Waals surface area contributed by atoms with Gasteiger partial charge >= 0.3 is 5.97 Å². The Hall–Kier alpha value is -0.610. The van der Waals surface area contributed by atoms with E-state index in [4.69, 9.17) is 9.47 Å².